The topological polar surface area (TPSA) is 35.5 Å². The zero-order valence-electron chi connectivity index (χ0n) is 14.2. The van der Waals surface area contributed by atoms with Crippen LogP contribution in [0.1, 0.15) is 32.3 Å². The van der Waals surface area contributed by atoms with E-state index in [1.807, 2.05) is 24.3 Å². The first-order valence-electron chi connectivity index (χ1n) is 8.57. The third-order valence-electron chi connectivity index (χ3n) is 6.00. The van der Waals surface area contributed by atoms with Crippen molar-refractivity contribution < 1.29 is 14.3 Å². The molecule has 0 spiro atoms. The molecule has 2 aliphatic rings. The van der Waals surface area contributed by atoms with Crippen LogP contribution >= 0.6 is 0 Å². The highest BCUT2D eigenvalue weighted by Crippen LogP contribution is 2.54. The highest BCUT2D eigenvalue weighted by Gasteiger charge is 2.48. The number of hydrogen-bond acceptors (Lipinski definition) is 3. The van der Waals surface area contributed by atoms with Gasteiger partial charge in [0.1, 0.15) is 5.75 Å². The molecule has 0 saturated heterocycles. The summed E-state index contributed by atoms with van der Waals surface area (Å²) in [5.74, 6) is 4.31. The molecule has 3 nitrogen and oxygen atoms in total. The molecule has 2 saturated carbocycles. The van der Waals surface area contributed by atoms with Gasteiger partial charge in [-0.1, -0.05) is 26.0 Å². The smallest absolute Gasteiger partial charge is 0.330 e. The fraction of sp³-hybridized carbons (Fsp3) is 0.550. The Morgan fingerprint density at radius 3 is 2.52 bits per heavy atom. The van der Waals surface area contributed by atoms with Gasteiger partial charge in [-0.05, 0) is 66.2 Å². The molecule has 3 heteroatoms. The summed E-state index contributed by atoms with van der Waals surface area (Å²) in [5.41, 5.74) is 0.963. The van der Waals surface area contributed by atoms with Crippen molar-refractivity contribution in [2.24, 2.45) is 29.6 Å². The van der Waals surface area contributed by atoms with Crippen LogP contribution in [0, 0.1) is 29.6 Å². The van der Waals surface area contributed by atoms with Crippen LogP contribution < -0.4 is 4.74 Å². The molecule has 2 bridgehead atoms. The van der Waals surface area contributed by atoms with Gasteiger partial charge in [0.2, 0.25) is 0 Å². The molecule has 0 aliphatic heterocycles. The second kappa shape index (κ2) is 6.77. The summed E-state index contributed by atoms with van der Waals surface area (Å²) >= 11 is 0. The second-order valence-electron chi connectivity index (χ2n) is 7.11. The van der Waals surface area contributed by atoms with Gasteiger partial charge in [0.25, 0.3) is 0 Å². The number of esters is 1. The predicted octanol–water partition coefficient (Wildman–Crippen LogP) is 4.18. The molecule has 2 fully saturated rings. The number of methoxy groups -OCH3 is 1. The van der Waals surface area contributed by atoms with Crippen molar-refractivity contribution in [2.75, 3.05) is 13.7 Å². The number of hydrogen-bond donors (Lipinski definition) is 0. The van der Waals surface area contributed by atoms with E-state index in [1.165, 1.54) is 18.9 Å². The molecule has 23 heavy (non-hydrogen) atoms. The van der Waals surface area contributed by atoms with E-state index < -0.39 is 0 Å². The molecule has 1 aromatic carbocycles. The lowest BCUT2D eigenvalue weighted by molar-refractivity contribution is -0.139. The van der Waals surface area contributed by atoms with Gasteiger partial charge < -0.3 is 9.47 Å². The summed E-state index contributed by atoms with van der Waals surface area (Å²) in [7, 11) is 1.64. The highest BCUT2D eigenvalue weighted by atomic mass is 16.5. The van der Waals surface area contributed by atoms with Crippen LogP contribution in [0.4, 0.5) is 0 Å². The van der Waals surface area contributed by atoms with Gasteiger partial charge in [0, 0.05) is 6.08 Å². The van der Waals surface area contributed by atoms with Crippen molar-refractivity contribution in [3.8, 4) is 5.75 Å². The van der Waals surface area contributed by atoms with E-state index in [0.29, 0.717) is 12.5 Å². The van der Waals surface area contributed by atoms with Gasteiger partial charge in [0.05, 0.1) is 13.7 Å². The standard InChI is InChI=1S/C20H26O3/c1-13-14(2)19-11-16(13)10-17(19)12-23-20(21)9-6-15-4-7-18(22-3)8-5-15/h4-9,13-14,16-17,19H,10-12H2,1-3H3/b9-6+. The monoisotopic (exact) mass is 314 g/mol. The first-order chi connectivity index (χ1) is 11.1. The van der Waals surface area contributed by atoms with E-state index in [4.69, 9.17) is 9.47 Å². The molecular weight excluding hydrogens is 288 g/mol. The zero-order valence-corrected chi connectivity index (χ0v) is 14.2. The van der Waals surface area contributed by atoms with Gasteiger partial charge in [-0.2, -0.15) is 0 Å². The van der Waals surface area contributed by atoms with Gasteiger partial charge in [-0.3, -0.25) is 0 Å². The Labute approximate surface area is 138 Å². The molecule has 0 heterocycles. The van der Waals surface area contributed by atoms with E-state index in [-0.39, 0.29) is 5.97 Å². The molecule has 0 aromatic heterocycles. The molecule has 5 atom stereocenters. The number of carbonyl (C=O) groups is 1. The van der Waals surface area contributed by atoms with Crippen LogP contribution in [-0.4, -0.2) is 19.7 Å². The van der Waals surface area contributed by atoms with Gasteiger partial charge in [-0.15, -0.1) is 0 Å². The minimum Gasteiger partial charge on any atom is -0.497 e. The van der Waals surface area contributed by atoms with E-state index in [2.05, 4.69) is 13.8 Å². The quantitative estimate of drug-likeness (QED) is 0.604. The third-order valence-corrected chi connectivity index (χ3v) is 6.00. The summed E-state index contributed by atoms with van der Waals surface area (Å²) < 4.78 is 10.6. The van der Waals surface area contributed by atoms with Crippen LogP contribution in [0.2, 0.25) is 0 Å². The van der Waals surface area contributed by atoms with Crippen molar-refractivity contribution >= 4 is 12.0 Å². The largest absolute Gasteiger partial charge is 0.497 e. The number of benzene rings is 1. The average Bonchev–Trinajstić information content (AvgIpc) is 3.11. The Kier molecular flexibility index (Phi) is 4.74. The number of fused-ring (bicyclic) bond motifs is 2. The van der Waals surface area contributed by atoms with Crippen molar-refractivity contribution in [1.82, 2.24) is 0 Å². The first kappa shape index (κ1) is 16.1. The summed E-state index contributed by atoms with van der Waals surface area (Å²) in [5, 5.41) is 0. The first-order valence-corrected chi connectivity index (χ1v) is 8.57. The molecular formula is C20H26O3. The number of ether oxygens (including phenoxy) is 2. The Hall–Kier alpha value is -1.77. The molecule has 0 amide bonds. The lowest BCUT2D eigenvalue weighted by Gasteiger charge is -2.31. The normalized spacial score (nSPS) is 32.4. The van der Waals surface area contributed by atoms with Crippen molar-refractivity contribution in [3.63, 3.8) is 0 Å². The van der Waals surface area contributed by atoms with Crippen LogP contribution in [-0.2, 0) is 9.53 Å². The van der Waals surface area contributed by atoms with E-state index in [9.17, 15) is 4.79 Å². The Morgan fingerprint density at radius 2 is 1.91 bits per heavy atom. The van der Waals surface area contributed by atoms with Gasteiger partial charge in [0.15, 0.2) is 0 Å². The van der Waals surface area contributed by atoms with Gasteiger partial charge >= 0.3 is 5.97 Å². The minimum atomic E-state index is -0.246. The summed E-state index contributed by atoms with van der Waals surface area (Å²) in [6.07, 6.45) is 5.85. The summed E-state index contributed by atoms with van der Waals surface area (Å²) in [6.45, 7) is 5.30. The molecule has 5 unspecified atom stereocenters. The molecule has 0 N–H and O–H groups in total. The predicted molar refractivity (Wildman–Crippen MR) is 91.0 cm³/mol. The average molecular weight is 314 g/mol. The van der Waals surface area contributed by atoms with Crippen LogP contribution in [0.25, 0.3) is 6.08 Å². The van der Waals surface area contributed by atoms with E-state index in [1.54, 1.807) is 13.2 Å². The molecule has 3 rings (SSSR count). The maximum Gasteiger partial charge on any atom is 0.330 e. The number of carbonyl (C=O) groups excluding carboxylic acids is 1. The lowest BCUT2D eigenvalue weighted by atomic mass is 9.76. The number of rotatable bonds is 5. The molecule has 1 aromatic rings. The van der Waals surface area contributed by atoms with Crippen LogP contribution in [0.3, 0.4) is 0 Å². The third kappa shape index (κ3) is 3.44. The SMILES string of the molecule is COc1ccc(/C=C/C(=O)OCC2CC3CC2C(C)C3C)cc1. The molecule has 124 valence electrons. The maximum atomic E-state index is 11.9. The van der Waals surface area contributed by atoms with Crippen molar-refractivity contribution in [3.05, 3.63) is 35.9 Å². The fourth-order valence-corrected chi connectivity index (χ4v) is 4.40. The van der Waals surface area contributed by atoms with Crippen molar-refractivity contribution in [2.45, 2.75) is 26.7 Å². The maximum absolute atomic E-state index is 11.9. The lowest BCUT2D eigenvalue weighted by Crippen LogP contribution is -2.28. The zero-order chi connectivity index (χ0) is 16.4. The van der Waals surface area contributed by atoms with Crippen LogP contribution in [0.15, 0.2) is 30.3 Å². The van der Waals surface area contributed by atoms with Crippen molar-refractivity contribution in [1.29, 1.82) is 0 Å². The Bertz CT molecular complexity index is 573. The summed E-state index contributed by atoms with van der Waals surface area (Å²) in [4.78, 5) is 11.9. The highest BCUT2D eigenvalue weighted by molar-refractivity contribution is 5.87. The Balaban J connectivity index is 1.47. The van der Waals surface area contributed by atoms with E-state index >= 15 is 0 Å². The van der Waals surface area contributed by atoms with E-state index in [0.717, 1.165) is 35.0 Å². The summed E-state index contributed by atoms with van der Waals surface area (Å²) in [6, 6.07) is 7.59. The fourth-order valence-electron chi connectivity index (χ4n) is 4.40. The van der Waals surface area contributed by atoms with Crippen LogP contribution in [0.5, 0.6) is 5.75 Å². The Morgan fingerprint density at radius 1 is 1.17 bits per heavy atom. The molecule has 2 aliphatic carbocycles. The molecule has 0 radical (unpaired) electrons. The second-order valence-corrected chi connectivity index (χ2v) is 7.11. The van der Waals surface area contributed by atoms with Gasteiger partial charge in [-0.25, -0.2) is 4.79 Å². The minimum absolute atomic E-state index is 0.246.